The molecule has 4 nitrogen and oxygen atoms in total. The van der Waals surface area contributed by atoms with Crippen LogP contribution in [0.25, 0.3) is 10.9 Å². The molecule has 0 aliphatic carbocycles. The van der Waals surface area contributed by atoms with Crippen LogP contribution >= 0.6 is 11.6 Å². The van der Waals surface area contributed by atoms with Gasteiger partial charge in [-0.25, -0.2) is 9.97 Å². The number of anilines is 1. The van der Waals surface area contributed by atoms with Crippen LogP contribution in [0.1, 0.15) is 12.8 Å². The lowest BCUT2D eigenvalue weighted by Crippen LogP contribution is -2.19. The summed E-state index contributed by atoms with van der Waals surface area (Å²) in [6, 6.07) is 5.63. The van der Waals surface area contributed by atoms with E-state index in [0.29, 0.717) is 11.1 Å². The summed E-state index contributed by atoms with van der Waals surface area (Å²) in [5.74, 6) is 0.840. The Labute approximate surface area is 110 Å². The molecule has 0 bridgehead atoms. The van der Waals surface area contributed by atoms with Gasteiger partial charge in [-0.15, -0.1) is 0 Å². The first-order chi connectivity index (χ1) is 8.83. The van der Waals surface area contributed by atoms with Crippen LogP contribution < -0.4 is 5.32 Å². The fraction of sp³-hybridized carbons (Fsp3) is 0.385. The van der Waals surface area contributed by atoms with Gasteiger partial charge in [0.15, 0.2) is 0 Å². The van der Waals surface area contributed by atoms with Crippen molar-refractivity contribution in [1.29, 1.82) is 0 Å². The first kappa shape index (κ1) is 11.7. The van der Waals surface area contributed by atoms with Gasteiger partial charge in [0, 0.05) is 23.6 Å². The normalized spacial score (nSPS) is 19.3. The van der Waals surface area contributed by atoms with E-state index < -0.39 is 0 Å². The van der Waals surface area contributed by atoms with E-state index in [9.17, 15) is 0 Å². The van der Waals surface area contributed by atoms with E-state index >= 15 is 0 Å². The lowest BCUT2D eigenvalue weighted by atomic mass is 10.2. The molecule has 0 amide bonds. The van der Waals surface area contributed by atoms with Crippen molar-refractivity contribution in [2.45, 2.75) is 18.9 Å². The van der Waals surface area contributed by atoms with Crippen molar-refractivity contribution in [2.24, 2.45) is 0 Å². The Morgan fingerprint density at radius 1 is 1.39 bits per heavy atom. The number of nitrogens with zero attached hydrogens (tertiary/aromatic N) is 2. The second-order valence-corrected chi connectivity index (χ2v) is 4.84. The summed E-state index contributed by atoms with van der Waals surface area (Å²) >= 11 is 5.95. The molecule has 0 radical (unpaired) electrons. The standard InChI is InChI=1S/C13H14ClN3O/c14-9-3-4-11-12(6-9)16-8-17-13(11)15-7-10-2-1-5-18-10/h3-4,6,8,10H,1-2,5,7H2,(H,15,16,17)/t10-/m0/s1. The maximum atomic E-state index is 5.95. The van der Waals surface area contributed by atoms with Gasteiger partial charge in [0.25, 0.3) is 0 Å². The Hall–Kier alpha value is -1.39. The molecule has 3 rings (SSSR count). The molecule has 94 valence electrons. The van der Waals surface area contributed by atoms with Gasteiger partial charge in [-0.2, -0.15) is 0 Å². The molecule has 1 saturated heterocycles. The highest BCUT2D eigenvalue weighted by molar-refractivity contribution is 6.31. The number of hydrogen-bond acceptors (Lipinski definition) is 4. The zero-order valence-corrected chi connectivity index (χ0v) is 10.7. The van der Waals surface area contributed by atoms with Gasteiger partial charge in [-0.05, 0) is 31.0 Å². The Bertz CT molecular complexity index is 555. The van der Waals surface area contributed by atoms with E-state index in [4.69, 9.17) is 16.3 Å². The molecule has 5 heteroatoms. The second-order valence-electron chi connectivity index (χ2n) is 4.40. The lowest BCUT2D eigenvalue weighted by Gasteiger charge is -2.12. The van der Waals surface area contributed by atoms with Gasteiger partial charge >= 0.3 is 0 Å². The summed E-state index contributed by atoms with van der Waals surface area (Å²) in [5, 5.41) is 5.00. The molecular formula is C13H14ClN3O. The smallest absolute Gasteiger partial charge is 0.137 e. The topological polar surface area (TPSA) is 47.0 Å². The van der Waals surface area contributed by atoms with Crippen LogP contribution in [0.2, 0.25) is 5.02 Å². The number of ether oxygens (including phenoxy) is 1. The minimum Gasteiger partial charge on any atom is -0.376 e. The van der Waals surface area contributed by atoms with Crippen molar-refractivity contribution >= 4 is 28.3 Å². The van der Waals surface area contributed by atoms with Crippen LogP contribution in [0, 0.1) is 0 Å². The minimum absolute atomic E-state index is 0.294. The maximum Gasteiger partial charge on any atom is 0.137 e. The molecule has 1 aliphatic heterocycles. The minimum atomic E-state index is 0.294. The van der Waals surface area contributed by atoms with Crippen LogP contribution in [-0.4, -0.2) is 29.2 Å². The third-order valence-corrected chi connectivity index (χ3v) is 3.35. The molecule has 1 N–H and O–H groups in total. The molecule has 0 spiro atoms. The highest BCUT2D eigenvalue weighted by atomic mass is 35.5. The average molecular weight is 264 g/mol. The summed E-state index contributed by atoms with van der Waals surface area (Å²) in [7, 11) is 0. The Morgan fingerprint density at radius 3 is 3.17 bits per heavy atom. The highest BCUT2D eigenvalue weighted by Crippen LogP contribution is 2.23. The van der Waals surface area contributed by atoms with Crippen LogP contribution in [0.3, 0.4) is 0 Å². The molecular weight excluding hydrogens is 250 g/mol. The van der Waals surface area contributed by atoms with E-state index in [1.165, 1.54) is 0 Å². The number of benzene rings is 1. The Kier molecular flexibility index (Phi) is 3.30. The van der Waals surface area contributed by atoms with E-state index in [0.717, 1.165) is 42.7 Å². The summed E-state index contributed by atoms with van der Waals surface area (Å²) in [5.41, 5.74) is 0.854. The van der Waals surface area contributed by atoms with Gasteiger partial charge in [0.2, 0.25) is 0 Å². The van der Waals surface area contributed by atoms with Crippen LogP contribution in [-0.2, 0) is 4.74 Å². The van der Waals surface area contributed by atoms with Crippen molar-refractivity contribution < 1.29 is 4.74 Å². The van der Waals surface area contributed by atoms with E-state index in [1.54, 1.807) is 6.33 Å². The Morgan fingerprint density at radius 2 is 2.33 bits per heavy atom. The number of rotatable bonds is 3. The van der Waals surface area contributed by atoms with Crippen LogP contribution in [0.15, 0.2) is 24.5 Å². The quantitative estimate of drug-likeness (QED) is 0.925. The summed E-state index contributed by atoms with van der Waals surface area (Å²) in [4.78, 5) is 8.49. The molecule has 1 aromatic heterocycles. The van der Waals surface area contributed by atoms with E-state index in [-0.39, 0.29) is 0 Å². The van der Waals surface area contributed by atoms with E-state index in [2.05, 4.69) is 15.3 Å². The first-order valence-corrected chi connectivity index (χ1v) is 6.46. The third kappa shape index (κ3) is 2.40. The number of halogens is 1. The zero-order valence-electron chi connectivity index (χ0n) is 9.90. The molecule has 1 fully saturated rings. The fourth-order valence-electron chi connectivity index (χ4n) is 2.19. The monoisotopic (exact) mass is 263 g/mol. The van der Waals surface area contributed by atoms with Crippen molar-refractivity contribution in [3.05, 3.63) is 29.5 Å². The third-order valence-electron chi connectivity index (χ3n) is 3.12. The molecule has 0 unspecified atom stereocenters. The van der Waals surface area contributed by atoms with Gasteiger partial charge in [-0.1, -0.05) is 11.6 Å². The largest absolute Gasteiger partial charge is 0.376 e. The molecule has 18 heavy (non-hydrogen) atoms. The summed E-state index contributed by atoms with van der Waals surface area (Å²) in [6.07, 6.45) is 4.10. The maximum absolute atomic E-state index is 5.95. The Balaban J connectivity index is 1.82. The molecule has 1 aromatic carbocycles. The molecule has 2 aromatic rings. The van der Waals surface area contributed by atoms with Gasteiger partial charge in [-0.3, -0.25) is 0 Å². The number of fused-ring (bicyclic) bond motifs is 1. The SMILES string of the molecule is Clc1ccc2c(NC[C@@H]3CCCO3)ncnc2c1. The van der Waals surface area contributed by atoms with Crippen molar-refractivity contribution in [3.63, 3.8) is 0 Å². The van der Waals surface area contributed by atoms with Crippen molar-refractivity contribution in [1.82, 2.24) is 9.97 Å². The lowest BCUT2D eigenvalue weighted by molar-refractivity contribution is 0.120. The van der Waals surface area contributed by atoms with Gasteiger partial charge < -0.3 is 10.1 Å². The van der Waals surface area contributed by atoms with Crippen LogP contribution in [0.4, 0.5) is 5.82 Å². The summed E-state index contributed by atoms with van der Waals surface area (Å²) in [6.45, 7) is 1.65. The van der Waals surface area contributed by atoms with Crippen molar-refractivity contribution in [2.75, 3.05) is 18.5 Å². The number of hydrogen-bond donors (Lipinski definition) is 1. The highest BCUT2D eigenvalue weighted by Gasteiger charge is 2.15. The average Bonchev–Trinajstić information content (AvgIpc) is 2.89. The predicted octanol–water partition coefficient (Wildman–Crippen LogP) is 2.87. The number of aromatic nitrogens is 2. The number of nitrogens with one attached hydrogen (secondary N) is 1. The molecule has 0 saturated carbocycles. The summed E-state index contributed by atoms with van der Waals surface area (Å²) < 4.78 is 5.58. The first-order valence-electron chi connectivity index (χ1n) is 6.09. The van der Waals surface area contributed by atoms with Gasteiger partial charge in [0.1, 0.15) is 12.1 Å². The molecule has 1 aliphatic rings. The zero-order chi connectivity index (χ0) is 12.4. The van der Waals surface area contributed by atoms with E-state index in [1.807, 2.05) is 18.2 Å². The van der Waals surface area contributed by atoms with Crippen LogP contribution in [0.5, 0.6) is 0 Å². The molecule has 1 atom stereocenters. The van der Waals surface area contributed by atoms with Crippen molar-refractivity contribution in [3.8, 4) is 0 Å². The second kappa shape index (κ2) is 5.08. The molecule has 2 heterocycles. The van der Waals surface area contributed by atoms with Gasteiger partial charge in [0.05, 0.1) is 11.6 Å². The fourth-order valence-corrected chi connectivity index (χ4v) is 2.35. The predicted molar refractivity (Wildman–Crippen MR) is 72.0 cm³/mol.